The van der Waals surface area contributed by atoms with Crippen LogP contribution in [0.15, 0.2) is 0 Å². The molecule has 0 unspecified atom stereocenters. The average molecular weight is 676 g/mol. The van der Waals surface area contributed by atoms with Crippen molar-refractivity contribution >= 4 is 23.6 Å². The molecule has 0 spiro atoms. The van der Waals surface area contributed by atoms with Crippen molar-refractivity contribution in [1.29, 1.82) is 0 Å². The minimum absolute atomic E-state index is 0.150. The fourth-order valence-electron chi connectivity index (χ4n) is 7.33. The van der Waals surface area contributed by atoms with Crippen molar-refractivity contribution in [3.05, 3.63) is 0 Å². The molecule has 4 atom stereocenters. The molecule has 9 nitrogen and oxygen atoms in total. The summed E-state index contributed by atoms with van der Waals surface area (Å²) in [5.74, 6) is 3.32. The molecule has 5 rings (SSSR count). The average Bonchev–Trinajstić information content (AvgIpc) is 3.41. The van der Waals surface area contributed by atoms with E-state index in [1.54, 1.807) is 0 Å². The molecule has 2 bridgehead atoms. The molecular weight excluding hydrogens is 602 g/mol. The van der Waals surface area contributed by atoms with E-state index in [2.05, 4.69) is 19.2 Å². The van der Waals surface area contributed by atoms with Crippen LogP contribution in [0.25, 0.3) is 0 Å². The lowest BCUT2D eigenvalue weighted by Crippen LogP contribution is -2.53. The maximum atomic E-state index is 11.7. The van der Waals surface area contributed by atoms with Crippen molar-refractivity contribution in [2.75, 3.05) is 52.4 Å². The summed E-state index contributed by atoms with van der Waals surface area (Å²) in [4.78, 5) is 54.3. The topological polar surface area (TPSA) is 93.3 Å². The highest BCUT2D eigenvalue weighted by Gasteiger charge is 2.34. The summed E-state index contributed by atoms with van der Waals surface area (Å²) >= 11 is 0. The van der Waals surface area contributed by atoms with Gasteiger partial charge in [-0.3, -0.25) is 19.2 Å². The molecule has 0 aliphatic carbocycles. The molecule has 1 N–H and O–H groups in total. The van der Waals surface area contributed by atoms with Crippen LogP contribution in [0, 0.1) is 35.5 Å². The second kappa shape index (κ2) is 21.1. The number of likely N-dealkylation sites (tertiary alicyclic amines) is 4. The largest absolute Gasteiger partial charge is 0.342 e. The van der Waals surface area contributed by atoms with Gasteiger partial charge in [-0.15, -0.1) is 0 Å². The van der Waals surface area contributed by atoms with Gasteiger partial charge < -0.3 is 24.9 Å². The van der Waals surface area contributed by atoms with Gasteiger partial charge in [0.15, 0.2) is 0 Å². The molecule has 5 aliphatic heterocycles. The Morgan fingerprint density at radius 3 is 1.12 bits per heavy atom. The lowest BCUT2D eigenvalue weighted by molar-refractivity contribution is -0.136. The van der Waals surface area contributed by atoms with Crippen LogP contribution in [0.3, 0.4) is 0 Å². The van der Waals surface area contributed by atoms with Gasteiger partial charge in [0.2, 0.25) is 23.6 Å². The molecule has 0 radical (unpaired) electrons. The summed E-state index contributed by atoms with van der Waals surface area (Å²) in [6.07, 6.45) is 11.1. The fourth-order valence-corrected chi connectivity index (χ4v) is 7.33. The summed E-state index contributed by atoms with van der Waals surface area (Å²) in [5.41, 5.74) is 0. The third kappa shape index (κ3) is 14.4. The minimum Gasteiger partial charge on any atom is -0.342 e. The van der Waals surface area contributed by atoms with E-state index in [1.165, 1.54) is 57.8 Å². The molecular formula is C39H73N5O4. The zero-order valence-electron chi connectivity index (χ0n) is 32.6. The quantitative estimate of drug-likeness (QED) is 0.391. The first-order valence-corrected chi connectivity index (χ1v) is 19.5. The maximum Gasteiger partial charge on any atom is 0.225 e. The molecule has 5 aliphatic rings. The van der Waals surface area contributed by atoms with Crippen LogP contribution in [0.2, 0.25) is 0 Å². The normalized spacial score (nSPS) is 25.5. The van der Waals surface area contributed by atoms with Crippen molar-refractivity contribution in [2.24, 2.45) is 35.5 Å². The zero-order chi connectivity index (χ0) is 36.0. The Hall–Kier alpha value is -2.16. The van der Waals surface area contributed by atoms with Crippen LogP contribution in [-0.4, -0.2) is 108 Å². The van der Waals surface area contributed by atoms with E-state index in [9.17, 15) is 19.2 Å². The third-order valence-electron chi connectivity index (χ3n) is 10.1. The Balaban J connectivity index is 0.000000223. The van der Waals surface area contributed by atoms with Gasteiger partial charge in [-0.1, -0.05) is 69.2 Å². The van der Waals surface area contributed by atoms with E-state index >= 15 is 0 Å². The number of carbonyl (C=O) groups is 4. The molecule has 5 saturated heterocycles. The van der Waals surface area contributed by atoms with Gasteiger partial charge in [0.1, 0.15) is 0 Å². The lowest BCUT2D eigenvalue weighted by Gasteiger charge is -2.33. The Bertz CT molecular complexity index is 943. The van der Waals surface area contributed by atoms with Crippen LogP contribution in [0.5, 0.6) is 0 Å². The van der Waals surface area contributed by atoms with Crippen molar-refractivity contribution in [3.8, 4) is 0 Å². The van der Waals surface area contributed by atoms with Crippen molar-refractivity contribution in [3.63, 3.8) is 0 Å². The number of nitrogens with zero attached hydrogens (tertiary/aromatic N) is 4. The van der Waals surface area contributed by atoms with Gasteiger partial charge in [-0.25, -0.2) is 0 Å². The molecule has 5 fully saturated rings. The van der Waals surface area contributed by atoms with Crippen molar-refractivity contribution in [2.45, 2.75) is 139 Å². The first-order valence-electron chi connectivity index (χ1n) is 19.5. The molecule has 0 aromatic rings. The second-order valence-corrected chi connectivity index (χ2v) is 16.4. The summed E-state index contributed by atoms with van der Waals surface area (Å²) in [7, 11) is 0. The SMILES string of the molecule is CC(C)C(=O)N1CCCCC1.CC(C)C(=O)N1CCC[C@@H](C)C1.CC(C)C(=O)N1CCC[C@H](C)C1.CC(C)C(=O)N1C[C@H]2CC[C@@H](C1)N2. The van der Waals surface area contributed by atoms with Gasteiger partial charge in [0, 0.05) is 88.1 Å². The monoisotopic (exact) mass is 676 g/mol. The van der Waals surface area contributed by atoms with E-state index in [-0.39, 0.29) is 23.7 Å². The Labute approximate surface area is 294 Å². The number of amides is 4. The van der Waals surface area contributed by atoms with Crippen molar-refractivity contribution in [1.82, 2.24) is 24.9 Å². The summed E-state index contributed by atoms with van der Waals surface area (Å²) in [6, 6.07) is 1.14. The summed E-state index contributed by atoms with van der Waals surface area (Å²) in [6.45, 7) is 27.9. The predicted octanol–water partition coefficient (Wildman–Crippen LogP) is 6.06. The molecule has 4 amide bonds. The summed E-state index contributed by atoms with van der Waals surface area (Å²) in [5, 5.41) is 3.52. The van der Waals surface area contributed by atoms with Crippen LogP contribution >= 0.6 is 0 Å². The zero-order valence-corrected chi connectivity index (χ0v) is 32.6. The highest BCUT2D eigenvalue weighted by molar-refractivity contribution is 5.79. The number of hydrogen-bond donors (Lipinski definition) is 1. The standard InChI is InChI=1S/C10H18N2O.2C10H19NO.C9H17NO/c1-7(2)10(13)12-5-8-3-4-9(6-12)11-8;2*1-8(2)10(12)11-6-4-5-9(3)7-11;1-8(2)9(11)10-6-4-3-5-7-10/h7-9,11H,3-6H2,1-2H3;2*8-9H,4-7H2,1-3H3;8H,3-7H2,1-2H3/t8-,9+;2*9-;/m.10./s1. The minimum atomic E-state index is 0.150. The number of nitrogens with one attached hydrogen (secondary N) is 1. The van der Waals surface area contributed by atoms with Gasteiger partial charge in [0.05, 0.1) is 0 Å². The molecule has 5 heterocycles. The molecule has 0 aromatic heterocycles. The first-order chi connectivity index (χ1) is 22.6. The number of carbonyl (C=O) groups excluding carboxylic acids is 4. The molecule has 48 heavy (non-hydrogen) atoms. The van der Waals surface area contributed by atoms with Gasteiger partial charge >= 0.3 is 0 Å². The van der Waals surface area contributed by atoms with Crippen LogP contribution < -0.4 is 5.32 Å². The van der Waals surface area contributed by atoms with Crippen LogP contribution in [-0.2, 0) is 19.2 Å². The van der Waals surface area contributed by atoms with Crippen LogP contribution in [0.1, 0.15) is 127 Å². The second-order valence-electron chi connectivity index (χ2n) is 16.4. The Morgan fingerprint density at radius 1 is 0.438 bits per heavy atom. The fraction of sp³-hybridized carbons (Fsp3) is 0.897. The molecule has 9 heteroatoms. The lowest BCUT2D eigenvalue weighted by atomic mass is 9.99. The molecule has 0 aromatic carbocycles. The number of fused-ring (bicyclic) bond motifs is 2. The highest BCUT2D eigenvalue weighted by atomic mass is 16.2. The summed E-state index contributed by atoms with van der Waals surface area (Å²) < 4.78 is 0. The predicted molar refractivity (Wildman–Crippen MR) is 196 cm³/mol. The molecule has 0 saturated carbocycles. The van der Waals surface area contributed by atoms with Gasteiger partial charge in [0.25, 0.3) is 0 Å². The number of piperidine rings is 3. The van der Waals surface area contributed by atoms with E-state index in [1.807, 2.05) is 75.0 Å². The smallest absolute Gasteiger partial charge is 0.225 e. The Kier molecular flexibility index (Phi) is 18.5. The van der Waals surface area contributed by atoms with Gasteiger partial charge in [-0.2, -0.15) is 0 Å². The van der Waals surface area contributed by atoms with E-state index in [4.69, 9.17) is 0 Å². The number of piperazine rings is 1. The molecule has 278 valence electrons. The van der Waals surface area contributed by atoms with Gasteiger partial charge in [-0.05, 0) is 69.6 Å². The van der Waals surface area contributed by atoms with Crippen LogP contribution in [0.4, 0.5) is 0 Å². The van der Waals surface area contributed by atoms with E-state index in [0.29, 0.717) is 47.5 Å². The first kappa shape index (κ1) is 42.0. The highest BCUT2D eigenvalue weighted by Crippen LogP contribution is 2.21. The third-order valence-corrected chi connectivity index (χ3v) is 10.1. The number of rotatable bonds is 4. The number of hydrogen-bond acceptors (Lipinski definition) is 5. The maximum absolute atomic E-state index is 11.7. The Morgan fingerprint density at radius 2 is 0.771 bits per heavy atom. The van der Waals surface area contributed by atoms with Crippen molar-refractivity contribution < 1.29 is 19.2 Å². The van der Waals surface area contributed by atoms with E-state index < -0.39 is 0 Å². The van der Waals surface area contributed by atoms with E-state index in [0.717, 1.165) is 52.4 Å².